The summed E-state index contributed by atoms with van der Waals surface area (Å²) in [4.78, 5) is 0.159. The van der Waals surface area contributed by atoms with Crippen LogP contribution in [-0.2, 0) is 322 Å². The van der Waals surface area contributed by atoms with Crippen molar-refractivity contribution in [1.29, 1.82) is 0 Å². The Morgan fingerprint density at radius 3 is 1.12 bits per heavy atom. The Balaban J connectivity index is -0.000000242. The summed E-state index contributed by atoms with van der Waals surface area (Å²) in [5.74, 6) is 5.06. The van der Waals surface area contributed by atoms with Crippen LogP contribution >= 0.6 is 0 Å². The first kappa shape index (κ1) is 82.2. The molecule has 1 N–H and O–H groups in total. The Morgan fingerprint density at radius 2 is 0.812 bits per heavy atom. The molecule has 0 aliphatic rings. The van der Waals surface area contributed by atoms with E-state index in [1.54, 1.807) is 193 Å². The van der Waals surface area contributed by atoms with Gasteiger partial charge in [0, 0.05) is 315 Å². The lowest BCUT2D eigenvalue weighted by atomic mass is 10.2. The van der Waals surface area contributed by atoms with Crippen molar-refractivity contribution in [3.63, 3.8) is 0 Å². The first-order valence-electron chi connectivity index (χ1n) is 17.0. The first-order chi connectivity index (χ1) is 33.6. The van der Waals surface area contributed by atoms with E-state index in [0.717, 1.165) is 37.9 Å². The molecule has 0 aliphatic heterocycles. The van der Waals surface area contributed by atoms with Gasteiger partial charge >= 0.3 is 0 Å². The number of unbranched alkanes of at least 4 members (excludes halogenated alkanes) is 2. The molecule has 400 valence electrons. The van der Waals surface area contributed by atoms with Crippen LogP contribution in [0.4, 0.5) is 0 Å². The summed E-state index contributed by atoms with van der Waals surface area (Å²) >= 11 is 27.9. The van der Waals surface area contributed by atoms with Gasteiger partial charge in [0.25, 0.3) is 10.1 Å². The van der Waals surface area contributed by atoms with Gasteiger partial charge in [-0.2, -0.15) is 8.42 Å². The van der Waals surface area contributed by atoms with Crippen molar-refractivity contribution >= 4 is 299 Å². The largest absolute Gasteiger partial charge is 0.394 e. The fourth-order valence-electron chi connectivity index (χ4n) is 2.46. The third-order valence-corrected chi connectivity index (χ3v) is 54.9. The number of aliphatic hydroxyl groups is 1. The van der Waals surface area contributed by atoms with E-state index < -0.39 is 10.1 Å². The molecule has 0 bridgehead atoms. The van der Waals surface area contributed by atoms with Crippen LogP contribution in [0.25, 0.3) is 0 Å². The predicted octanol–water partition coefficient (Wildman–Crippen LogP) is 3.86. The molecule has 0 unspecified atom stereocenters. The van der Waals surface area contributed by atoms with E-state index in [9.17, 15) is 8.42 Å². The van der Waals surface area contributed by atoms with Gasteiger partial charge in [0.2, 0.25) is 0 Å². The van der Waals surface area contributed by atoms with Crippen molar-refractivity contribution in [2.75, 3.05) is 66.1 Å². The number of aryl methyl sites for hydroxylation is 1. The number of ether oxygens (including phenoxy) is 4. The van der Waals surface area contributed by atoms with Gasteiger partial charge in [-0.25, -0.2) is 0 Å². The molecule has 8 nitrogen and oxygen atoms in total. The van der Waals surface area contributed by atoms with Crippen LogP contribution in [-0.4, -0.2) is 79.6 Å². The third-order valence-electron chi connectivity index (χ3n) is 4.69. The summed E-state index contributed by atoms with van der Waals surface area (Å²) in [6.07, 6.45) is 16.7. The average Bonchev–Trinajstić information content (AvgIpc) is 3.35. The monoisotopic (exact) mass is 1540 g/mol. The van der Waals surface area contributed by atoms with E-state index in [-0.39, 0.29) is 24.7 Å². The molecule has 0 spiro atoms. The van der Waals surface area contributed by atoms with Crippen molar-refractivity contribution in [2.45, 2.75) is 37.5 Å². The van der Waals surface area contributed by atoms with Crippen LogP contribution < -0.4 is 0 Å². The van der Waals surface area contributed by atoms with E-state index in [1.807, 2.05) is 6.92 Å². The summed E-state index contributed by atoms with van der Waals surface area (Å²) in [6, 6.07) is 6.50. The molecule has 0 saturated heterocycles. The number of hydrogen-bond acceptors (Lipinski definition) is 14. The van der Waals surface area contributed by atoms with E-state index >= 15 is 0 Å². The molecular formula is C29H44O8S32. The first-order valence-corrected chi connectivity index (χ1v) is 55.8. The second-order valence-electron chi connectivity index (χ2n) is 9.08. The summed E-state index contributed by atoms with van der Waals surface area (Å²) in [6.45, 7) is 13.3. The maximum absolute atomic E-state index is 11.7. The highest BCUT2D eigenvalue weighted by molar-refractivity contribution is 8.76. The number of rotatable bonds is 20. The number of benzene rings is 1. The summed E-state index contributed by atoms with van der Waals surface area (Å²) in [5.41, 5.74) is 0.998. The third kappa shape index (κ3) is 83.8. The second kappa shape index (κ2) is 78.8. The fourth-order valence-corrected chi connectivity index (χ4v) is 55.5. The van der Waals surface area contributed by atoms with Crippen LogP contribution in [0.15, 0.2) is 54.5 Å². The molecule has 0 aliphatic carbocycles. The van der Waals surface area contributed by atoms with Gasteiger partial charge in [-0.1, -0.05) is 29.8 Å². The van der Waals surface area contributed by atoms with Gasteiger partial charge in [-0.15, -0.1) is 37.8 Å². The summed E-state index contributed by atoms with van der Waals surface area (Å²) in [5, 5.41) is 8.26. The normalized spacial score (nSPS) is 8.64. The zero-order chi connectivity index (χ0) is 52.4. The van der Waals surface area contributed by atoms with E-state index in [2.05, 4.69) is 92.1 Å². The molecule has 1 aromatic carbocycles. The zero-order valence-electron chi connectivity index (χ0n) is 35.3. The molecule has 0 radical (unpaired) electrons. The Hall–Kier alpha value is 4.35. The van der Waals surface area contributed by atoms with Gasteiger partial charge < -0.3 is 24.1 Å². The quantitative estimate of drug-likeness (QED) is 0.0887. The standard InChI is InChI=1S/C12H16O4S.C10H16O2.C7H12O2.S12.S11.S8/c1-3-8-15-9-10-16-17(13,14)12-6-4-11(2)5-7-12;1-3-5-6-8-12-10-9-11-7-4-2;1-2-3-4-6-9-7-5-8;1-3-5-7-9-11-12-10-8-6-4-2;1-3-5-7-9-11-10-8-6-4-2;1-3-5-7-8-6-4-2/h3-7H,1,8-10H2,2H3;1,4H,2,5-10H2;1,8H,3-7H2;;;. The number of aliphatic hydroxyl groups excluding tert-OH is 1. The molecule has 40 heteroatoms. The van der Waals surface area contributed by atoms with Crippen LogP contribution in [0, 0.1) is 31.6 Å². The molecule has 0 aromatic heterocycles. The highest BCUT2D eigenvalue weighted by atomic mass is 33.5. The zero-order valence-corrected chi connectivity index (χ0v) is 61.4. The van der Waals surface area contributed by atoms with Crippen molar-refractivity contribution < 1.29 is 36.7 Å². The van der Waals surface area contributed by atoms with Gasteiger partial charge in [-0.05, 0) is 31.9 Å². The minimum atomic E-state index is -3.67. The highest BCUT2D eigenvalue weighted by Crippen LogP contribution is 2.12. The van der Waals surface area contributed by atoms with E-state index in [1.165, 1.54) is 65.4 Å². The molecule has 0 atom stereocenters. The van der Waals surface area contributed by atoms with Crippen molar-refractivity contribution in [3.8, 4) is 24.7 Å². The van der Waals surface area contributed by atoms with Crippen LogP contribution in [0.1, 0.15) is 31.2 Å². The number of terminal acetylenes is 2. The van der Waals surface area contributed by atoms with E-state index in [0.29, 0.717) is 39.6 Å². The van der Waals surface area contributed by atoms with Gasteiger partial charge in [0.1, 0.15) is 0 Å². The Bertz CT molecular complexity index is 2780. The van der Waals surface area contributed by atoms with Crippen LogP contribution in [0.3, 0.4) is 0 Å². The van der Waals surface area contributed by atoms with Crippen LogP contribution in [0.2, 0.25) is 0 Å². The lowest BCUT2D eigenvalue weighted by Gasteiger charge is -2.05. The minimum absolute atomic E-state index is 0.00402. The molecule has 0 amide bonds. The molecule has 0 heterocycles. The lowest BCUT2D eigenvalue weighted by molar-refractivity contribution is 0.0579. The summed E-state index contributed by atoms with van der Waals surface area (Å²) in [7, 11) is 36.2. The Labute approximate surface area is 509 Å². The van der Waals surface area contributed by atoms with Crippen LogP contribution in [0.5, 0.6) is 0 Å². The predicted molar refractivity (Wildman–Crippen MR) is 380 cm³/mol. The average molecular weight is 1550 g/mol. The molecule has 0 saturated carbocycles. The van der Waals surface area contributed by atoms with E-state index in [4.69, 9.17) is 41.1 Å². The molecular weight excluding hydrogens is 1500 g/mol. The number of hydrogen-bond donors (Lipinski definition) is 1. The molecule has 0 fully saturated rings. The fraction of sp³-hybridized carbons (Fsp3) is 0.517. The van der Waals surface area contributed by atoms with Gasteiger partial charge in [-0.3, -0.25) is 4.18 Å². The lowest BCUT2D eigenvalue weighted by Crippen LogP contribution is -2.11. The van der Waals surface area contributed by atoms with Crippen molar-refractivity contribution in [1.82, 2.24) is 0 Å². The van der Waals surface area contributed by atoms with Gasteiger partial charge in [0.15, 0.2) is 0 Å². The van der Waals surface area contributed by atoms with Gasteiger partial charge in [0.05, 0.1) is 57.8 Å². The second-order valence-corrected chi connectivity index (χ2v) is 54.9. The SMILES string of the molecule is C#CCCCOCCO.C#CCCCOCCOCC=C.C=CCOCCOS(=O)(=O)c1ccc(C)cc1.S=S=S=S=S=S=S=S.S=S=S=S=S=S=S=S=S=S=S.S=S=S=S=S=S=S=S=S=S=S=S. The Kier molecular flexibility index (Phi) is 93.9. The van der Waals surface area contributed by atoms with Crippen molar-refractivity contribution in [3.05, 3.63) is 55.1 Å². The maximum Gasteiger partial charge on any atom is 0.297 e. The molecule has 1 aromatic rings. The molecule has 1 rings (SSSR count). The van der Waals surface area contributed by atoms with Crippen molar-refractivity contribution in [2.24, 2.45) is 0 Å². The minimum Gasteiger partial charge on any atom is -0.394 e. The Morgan fingerprint density at radius 1 is 0.507 bits per heavy atom. The summed E-state index contributed by atoms with van der Waals surface area (Å²) < 4.78 is 48.5. The maximum atomic E-state index is 11.7. The highest BCUT2D eigenvalue weighted by Gasteiger charge is 2.14. The smallest absolute Gasteiger partial charge is 0.297 e. The molecule has 69 heavy (non-hydrogen) atoms. The topological polar surface area (TPSA) is 101 Å².